The van der Waals surface area contributed by atoms with Gasteiger partial charge >= 0.3 is 0 Å². The van der Waals surface area contributed by atoms with Crippen molar-refractivity contribution < 1.29 is 4.79 Å². The molecule has 4 rings (SSSR count). The van der Waals surface area contributed by atoms with E-state index >= 15 is 0 Å². The molecule has 32 heavy (non-hydrogen) atoms. The molecule has 0 radical (unpaired) electrons. The number of aldehydes is 1. The molecule has 2 aromatic rings. The normalized spacial score (nSPS) is 20.2. The molecule has 2 atom stereocenters. The predicted molar refractivity (Wildman–Crippen MR) is 129 cm³/mol. The van der Waals surface area contributed by atoms with Crippen molar-refractivity contribution in [1.82, 2.24) is 20.2 Å². The van der Waals surface area contributed by atoms with Crippen molar-refractivity contribution in [3.05, 3.63) is 52.4 Å². The van der Waals surface area contributed by atoms with E-state index in [4.69, 9.17) is 16.6 Å². The number of aryl methyl sites for hydroxylation is 1. The molecule has 1 aliphatic carbocycles. The fourth-order valence-corrected chi connectivity index (χ4v) is 5.23. The minimum Gasteiger partial charge on any atom is -0.354 e. The van der Waals surface area contributed by atoms with Crippen LogP contribution in [0.4, 0.5) is 5.82 Å². The van der Waals surface area contributed by atoms with Crippen LogP contribution in [0.25, 0.3) is 0 Å². The molecule has 2 heterocycles. The highest BCUT2D eigenvalue weighted by atomic mass is 35.5. The first-order valence-electron chi connectivity index (χ1n) is 11.6. The van der Waals surface area contributed by atoms with Crippen molar-refractivity contribution in [2.24, 2.45) is 0 Å². The summed E-state index contributed by atoms with van der Waals surface area (Å²) in [7, 11) is 0. The Morgan fingerprint density at radius 3 is 2.41 bits per heavy atom. The molecule has 1 aromatic heterocycles. The second-order valence-electron chi connectivity index (χ2n) is 9.91. The Balaban J connectivity index is 1.53. The van der Waals surface area contributed by atoms with Gasteiger partial charge in [0, 0.05) is 48.5 Å². The van der Waals surface area contributed by atoms with E-state index in [-0.39, 0.29) is 23.5 Å². The van der Waals surface area contributed by atoms with Crippen LogP contribution in [0.1, 0.15) is 56.9 Å². The van der Waals surface area contributed by atoms with Crippen molar-refractivity contribution in [2.45, 2.75) is 64.1 Å². The van der Waals surface area contributed by atoms with E-state index in [0.29, 0.717) is 5.02 Å². The molecule has 1 N–H and O–H groups in total. The van der Waals surface area contributed by atoms with E-state index < -0.39 is 0 Å². The van der Waals surface area contributed by atoms with Crippen LogP contribution in [0, 0.1) is 0 Å². The Morgan fingerprint density at radius 2 is 1.78 bits per heavy atom. The number of hydrogen-bond acceptors (Lipinski definition) is 6. The quantitative estimate of drug-likeness (QED) is 0.641. The molecule has 172 valence electrons. The number of benzene rings is 1. The third kappa shape index (κ3) is 4.68. The lowest BCUT2D eigenvalue weighted by Gasteiger charge is -2.43. The molecule has 2 aliphatic rings. The number of carbonyl (C=O) groups excluding carboxylic acids is 1. The second-order valence-corrected chi connectivity index (χ2v) is 10.3. The second kappa shape index (κ2) is 9.46. The lowest BCUT2D eigenvalue weighted by molar-refractivity contribution is -0.111. The third-order valence-corrected chi connectivity index (χ3v) is 7.07. The van der Waals surface area contributed by atoms with Gasteiger partial charge in [-0.15, -0.1) is 0 Å². The first-order valence-corrected chi connectivity index (χ1v) is 12.0. The topological polar surface area (TPSA) is 61.4 Å². The molecule has 0 amide bonds. The zero-order valence-corrected chi connectivity index (χ0v) is 20.3. The molecule has 0 bridgehead atoms. The lowest BCUT2D eigenvalue weighted by atomic mass is 9.87. The summed E-state index contributed by atoms with van der Waals surface area (Å²) in [5, 5.41) is 4.32. The van der Waals surface area contributed by atoms with E-state index in [9.17, 15) is 4.79 Å². The van der Waals surface area contributed by atoms with Crippen molar-refractivity contribution >= 4 is 23.7 Å². The predicted octanol–water partition coefficient (Wildman–Crippen LogP) is 3.78. The Bertz CT molecular complexity index is 938. The average molecular weight is 456 g/mol. The maximum absolute atomic E-state index is 12.2. The summed E-state index contributed by atoms with van der Waals surface area (Å²) in [4.78, 5) is 26.3. The summed E-state index contributed by atoms with van der Waals surface area (Å²) in [5.74, 6) is 0.832. The number of anilines is 1. The molecule has 1 fully saturated rings. The van der Waals surface area contributed by atoms with Gasteiger partial charge in [0.1, 0.15) is 18.4 Å². The highest BCUT2D eigenvalue weighted by molar-refractivity contribution is 6.30. The van der Waals surface area contributed by atoms with Crippen molar-refractivity contribution in [2.75, 3.05) is 31.1 Å². The Hall–Kier alpha value is -2.02. The van der Waals surface area contributed by atoms with Crippen molar-refractivity contribution in [3.8, 4) is 0 Å². The van der Waals surface area contributed by atoms with Crippen LogP contribution in [0.15, 0.2) is 30.6 Å². The smallest absolute Gasteiger partial charge is 0.136 e. The van der Waals surface area contributed by atoms with Crippen molar-refractivity contribution in [1.29, 1.82) is 0 Å². The van der Waals surface area contributed by atoms with Crippen LogP contribution in [0.5, 0.6) is 0 Å². The fraction of sp³-hybridized carbons (Fsp3) is 0.560. The summed E-state index contributed by atoms with van der Waals surface area (Å²) in [6.45, 7) is 12.3. The van der Waals surface area contributed by atoms with Gasteiger partial charge < -0.3 is 9.69 Å². The van der Waals surface area contributed by atoms with E-state index in [2.05, 4.69) is 47.8 Å². The Labute approximate surface area is 196 Å². The van der Waals surface area contributed by atoms with Crippen LogP contribution in [0.2, 0.25) is 5.02 Å². The number of piperazine rings is 1. The van der Waals surface area contributed by atoms with Crippen LogP contribution >= 0.6 is 11.6 Å². The monoisotopic (exact) mass is 455 g/mol. The number of aromatic nitrogens is 2. The summed E-state index contributed by atoms with van der Waals surface area (Å²) >= 11 is 6.08. The number of carbonyl (C=O) groups is 1. The molecule has 2 unspecified atom stereocenters. The largest absolute Gasteiger partial charge is 0.354 e. The highest BCUT2D eigenvalue weighted by Gasteiger charge is 2.37. The Kier molecular flexibility index (Phi) is 6.84. The van der Waals surface area contributed by atoms with E-state index in [1.165, 1.54) is 11.3 Å². The van der Waals surface area contributed by atoms with Crippen molar-refractivity contribution in [3.63, 3.8) is 0 Å². The number of hydrogen-bond donors (Lipinski definition) is 1. The molecule has 6 nitrogen and oxygen atoms in total. The number of nitrogens with one attached hydrogen (secondary N) is 1. The maximum Gasteiger partial charge on any atom is 0.136 e. The van der Waals surface area contributed by atoms with Gasteiger partial charge in [0.05, 0.1) is 12.1 Å². The van der Waals surface area contributed by atoms with E-state index in [1.54, 1.807) is 6.33 Å². The standard InChI is InChI=1S/C25H34ClN5O/c1-17(2)29-23(20(15-32)18-5-7-19(26)8-6-18)30-11-13-31(14-12-30)24-22-21(27-16-28-24)9-10-25(22,3)4/h5-8,15-17,20,23,29H,9-14H2,1-4H3. The minimum atomic E-state index is -0.261. The molecule has 0 spiro atoms. The summed E-state index contributed by atoms with van der Waals surface area (Å²) in [6, 6.07) is 7.89. The molecule has 7 heteroatoms. The van der Waals surface area contributed by atoms with Crippen LogP contribution in [-0.4, -0.2) is 59.5 Å². The number of nitrogens with zero attached hydrogens (tertiary/aromatic N) is 4. The van der Waals surface area contributed by atoms with Gasteiger partial charge in [-0.1, -0.05) is 37.6 Å². The SMILES string of the molecule is CC(C)NC(C(C=O)c1ccc(Cl)cc1)N1CCN(c2ncnc3c2C(C)(C)CC3)CC1. The van der Waals surface area contributed by atoms with Crippen LogP contribution in [-0.2, 0) is 16.6 Å². The van der Waals surface area contributed by atoms with Gasteiger partial charge in [0.25, 0.3) is 0 Å². The molecule has 1 aromatic carbocycles. The minimum absolute atomic E-state index is 0.0663. The summed E-state index contributed by atoms with van der Waals surface area (Å²) in [6.07, 6.45) is 4.86. The van der Waals surface area contributed by atoms with Gasteiger partial charge in [0.15, 0.2) is 0 Å². The zero-order chi connectivity index (χ0) is 22.9. The number of halogens is 1. The molecular weight excluding hydrogens is 422 g/mol. The van der Waals surface area contributed by atoms with Crippen LogP contribution in [0.3, 0.4) is 0 Å². The maximum atomic E-state index is 12.2. The van der Waals surface area contributed by atoms with Gasteiger partial charge in [-0.2, -0.15) is 0 Å². The molecule has 0 saturated carbocycles. The molecule has 1 aliphatic heterocycles. The van der Waals surface area contributed by atoms with E-state index in [0.717, 1.165) is 56.7 Å². The average Bonchev–Trinajstić information content (AvgIpc) is 3.10. The summed E-state index contributed by atoms with van der Waals surface area (Å²) < 4.78 is 0. The zero-order valence-electron chi connectivity index (χ0n) is 19.5. The summed E-state index contributed by atoms with van der Waals surface area (Å²) in [5.41, 5.74) is 3.62. The number of fused-ring (bicyclic) bond motifs is 1. The van der Waals surface area contributed by atoms with E-state index in [1.807, 2.05) is 24.3 Å². The van der Waals surface area contributed by atoms with Gasteiger partial charge in [-0.3, -0.25) is 10.2 Å². The number of rotatable bonds is 7. The first kappa shape index (κ1) is 23.1. The molecular formula is C25H34ClN5O. The third-order valence-electron chi connectivity index (χ3n) is 6.82. The van der Waals surface area contributed by atoms with Gasteiger partial charge in [-0.05, 0) is 49.8 Å². The first-order chi connectivity index (χ1) is 15.3. The highest BCUT2D eigenvalue weighted by Crippen LogP contribution is 2.42. The lowest BCUT2D eigenvalue weighted by Crippen LogP contribution is -2.58. The van der Waals surface area contributed by atoms with Crippen LogP contribution < -0.4 is 10.2 Å². The fourth-order valence-electron chi connectivity index (χ4n) is 5.10. The van der Waals surface area contributed by atoms with Gasteiger partial charge in [-0.25, -0.2) is 9.97 Å². The van der Waals surface area contributed by atoms with Gasteiger partial charge in [0.2, 0.25) is 0 Å². The molecule has 1 saturated heterocycles. The Morgan fingerprint density at radius 1 is 1.09 bits per heavy atom.